The highest BCUT2D eigenvalue weighted by Crippen LogP contribution is 2.70. The zero-order valence-electron chi connectivity index (χ0n) is 22.0. The molecule has 0 aromatic rings. The first-order chi connectivity index (χ1) is 17.2. The average Bonchev–Trinajstić information content (AvgIpc) is 3.27. The number of aliphatic hydroxyl groups is 1. The van der Waals surface area contributed by atoms with Crippen molar-refractivity contribution >= 4 is 12.1 Å². The van der Waals surface area contributed by atoms with E-state index in [4.69, 9.17) is 4.74 Å². The number of carbonyl (C=O) groups is 2. The summed E-state index contributed by atoms with van der Waals surface area (Å²) in [5, 5.41) is 25.8. The lowest BCUT2D eigenvalue weighted by Crippen LogP contribution is -2.62. The molecule has 5 fully saturated rings. The number of cyclic esters (lactones) is 1. The third-order valence-electron chi connectivity index (χ3n) is 12.3. The van der Waals surface area contributed by atoms with Gasteiger partial charge in [-0.3, -0.25) is 0 Å². The molecule has 0 radical (unpaired) electrons. The summed E-state index contributed by atoms with van der Waals surface area (Å²) in [4.78, 5) is 25.6. The molecule has 4 aliphatic carbocycles. The first-order valence-corrected chi connectivity index (χ1v) is 14.5. The molecular formula is C29H44N2O5. The molecule has 200 valence electrons. The topological polar surface area (TPSA) is 99.1 Å². The fourth-order valence-corrected chi connectivity index (χ4v) is 10.4. The summed E-state index contributed by atoms with van der Waals surface area (Å²) < 4.78 is 5.26. The molecule has 6 aliphatic rings. The molecule has 0 bridgehead atoms. The minimum absolute atomic E-state index is 0.0753. The lowest BCUT2D eigenvalue weighted by Gasteiger charge is -2.64. The van der Waals surface area contributed by atoms with Crippen LogP contribution in [0.1, 0.15) is 78.1 Å². The smallest absolute Gasteiger partial charge is 0.407 e. The molecule has 2 heterocycles. The van der Waals surface area contributed by atoms with Crippen LogP contribution < -0.4 is 5.32 Å². The largest absolute Gasteiger partial charge is 0.465 e. The van der Waals surface area contributed by atoms with E-state index in [1.807, 2.05) is 0 Å². The lowest BCUT2D eigenvalue weighted by molar-refractivity contribution is -0.207. The van der Waals surface area contributed by atoms with Crippen molar-refractivity contribution in [3.05, 3.63) is 11.6 Å². The molecule has 0 aromatic heterocycles. The van der Waals surface area contributed by atoms with E-state index in [0.717, 1.165) is 82.9 Å². The van der Waals surface area contributed by atoms with Crippen molar-refractivity contribution in [2.24, 2.45) is 40.4 Å². The Hall–Kier alpha value is -1.60. The van der Waals surface area contributed by atoms with Crippen LogP contribution in [0.4, 0.5) is 4.79 Å². The fourth-order valence-electron chi connectivity index (χ4n) is 10.4. The molecule has 2 aliphatic heterocycles. The third kappa shape index (κ3) is 3.51. The number of amides is 1. The molecular weight excluding hydrogens is 456 g/mol. The minimum atomic E-state index is -0.769. The molecule has 0 aromatic carbocycles. The minimum Gasteiger partial charge on any atom is -0.465 e. The Labute approximate surface area is 215 Å². The van der Waals surface area contributed by atoms with Gasteiger partial charge in [0.2, 0.25) is 0 Å². The Balaban J connectivity index is 1.22. The molecule has 9 atom stereocenters. The van der Waals surface area contributed by atoms with E-state index in [1.54, 1.807) is 11.0 Å². The Morgan fingerprint density at radius 1 is 1.11 bits per heavy atom. The summed E-state index contributed by atoms with van der Waals surface area (Å²) in [7, 11) is 0. The van der Waals surface area contributed by atoms with Gasteiger partial charge in [-0.05, 0) is 111 Å². The van der Waals surface area contributed by atoms with Gasteiger partial charge in [-0.25, -0.2) is 9.59 Å². The van der Waals surface area contributed by atoms with E-state index < -0.39 is 11.7 Å². The maximum Gasteiger partial charge on any atom is 0.407 e. The Kier molecular flexibility index (Phi) is 5.99. The number of carboxylic acid groups (broad SMARTS) is 1. The number of esters is 1. The summed E-state index contributed by atoms with van der Waals surface area (Å²) in [5.41, 5.74) is 0.440. The van der Waals surface area contributed by atoms with E-state index in [-0.39, 0.29) is 28.8 Å². The van der Waals surface area contributed by atoms with Crippen molar-refractivity contribution in [1.82, 2.24) is 10.2 Å². The number of ether oxygens (including phenoxy) is 1. The molecule has 3 unspecified atom stereocenters. The molecule has 6 rings (SSSR count). The van der Waals surface area contributed by atoms with Gasteiger partial charge >= 0.3 is 12.1 Å². The summed E-state index contributed by atoms with van der Waals surface area (Å²) in [5.74, 6) is 1.86. The maximum absolute atomic E-state index is 12.4. The highest BCUT2D eigenvalue weighted by Gasteiger charge is 2.67. The monoisotopic (exact) mass is 500 g/mol. The molecule has 7 heteroatoms. The lowest BCUT2D eigenvalue weighted by atomic mass is 9.42. The van der Waals surface area contributed by atoms with Crippen LogP contribution in [0.3, 0.4) is 0 Å². The average molecular weight is 501 g/mol. The van der Waals surface area contributed by atoms with Gasteiger partial charge in [0.25, 0.3) is 0 Å². The van der Waals surface area contributed by atoms with Gasteiger partial charge in [0, 0.05) is 24.6 Å². The van der Waals surface area contributed by atoms with Gasteiger partial charge in [-0.2, -0.15) is 0 Å². The number of nitrogens with one attached hydrogen (secondary N) is 1. The van der Waals surface area contributed by atoms with Crippen molar-refractivity contribution in [2.75, 3.05) is 26.2 Å². The van der Waals surface area contributed by atoms with E-state index in [0.29, 0.717) is 36.8 Å². The molecule has 1 saturated heterocycles. The van der Waals surface area contributed by atoms with Crippen molar-refractivity contribution in [2.45, 2.75) is 89.7 Å². The van der Waals surface area contributed by atoms with E-state index >= 15 is 0 Å². The second-order valence-electron chi connectivity index (χ2n) is 13.4. The van der Waals surface area contributed by atoms with Crippen LogP contribution in [0.25, 0.3) is 0 Å². The number of hydrogen-bond acceptors (Lipinski definition) is 5. The fraction of sp³-hybridized carbons (Fsp3) is 0.862. The molecule has 3 N–H and O–H groups in total. The SMILES string of the molecule is C[C@]12CCC(C3CNCCCN3C(=O)O)CC1CC[C@@H]1[C@@H]2CC[C@]2(C)[C@@H](C3=CC(=O)OC3)CC[C@]12O. The zero-order valence-corrected chi connectivity index (χ0v) is 22.0. The number of fused-ring (bicyclic) bond motifs is 5. The first-order valence-electron chi connectivity index (χ1n) is 14.5. The van der Waals surface area contributed by atoms with Crippen LogP contribution >= 0.6 is 0 Å². The normalized spacial score (nSPS) is 48.8. The number of nitrogens with zero attached hydrogens (tertiary/aromatic N) is 1. The number of rotatable bonds is 2. The van der Waals surface area contributed by atoms with Crippen molar-refractivity contribution in [3.8, 4) is 0 Å². The van der Waals surface area contributed by atoms with Crippen LogP contribution in [0, 0.1) is 40.4 Å². The van der Waals surface area contributed by atoms with Crippen molar-refractivity contribution < 1.29 is 24.5 Å². The highest BCUT2D eigenvalue weighted by molar-refractivity contribution is 5.85. The number of carbonyl (C=O) groups excluding carboxylic acids is 1. The Morgan fingerprint density at radius 3 is 2.69 bits per heavy atom. The van der Waals surface area contributed by atoms with Gasteiger partial charge in [0.05, 0.1) is 11.6 Å². The molecule has 7 nitrogen and oxygen atoms in total. The molecule has 36 heavy (non-hydrogen) atoms. The van der Waals surface area contributed by atoms with Crippen LogP contribution in [0.15, 0.2) is 11.6 Å². The molecule has 1 amide bonds. The summed E-state index contributed by atoms with van der Waals surface area (Å²) >= 11 is 0. The summed E-state index contributed by atoms with van der Waals surface area (Å²) in [6, 6.07) is 0.0753. The summed E-state index contributed by atoms with van der Waals surface area (Å²) in [6.45, 7) is 7.48. The summed E-state index contributed by atoms with van der Waals surface area (Å²) in [6.07, 6.45) is 11.3. The van der Waals surface area contributed by atoms with Crippen LogP contribution in [0.2, 0.25) is 0 Å². The zero-order chi connectivity index (χ0) is 25.3. The van der Waals surface area contributed by atoms with E-state index in [9.17, 15) is 19.8 Å². The van der Waals surface area contributed by atoms with Gasteiger partial charge < -0.3 is 25.2 Å². The number of hydrogen-bond donors (Lipinski definition) is 3. The highest BCUT2D eigenvalue weighted by atomic mass is 16.5. The molecule has 0 spiro atoms. The molecule has 4 saturated carbocycles. The van der Waals surface area contributed by atoms with Crippen LogP contribution in [-0.4, -0.2) is 65.1 Å². The second-order valence-corrected chi connectivity index (χ2v) is 13.4. The second kappa shape index (κ2) is 8.72. The van der Waals surface area contributed by atoms with E-state index in [2.05, 4.69) is 19.2 Å². The third-order valence-corrected chi connectivity index (χ3v) is 12.3. The van der Waals surface area contributed by atoms with Crippen molar-refractivity contribution in [1.29, 1.82) is 0 Å². The van der Waals surface area contributed by atoms with Crippen LogP contribution in [-0.2, 0) is 9.53 Å². The standard InChI is InChI=1S/C29H44N2O5/c1-27-9-6-18(24-16-30-12-3-13-31(24)26(33)34)14-20(27)4-5-23-22(27)7-10-28(2)21(8-11-29(23,28)35)19-15-25(32)36-17-19/h15,18,20-24,30,35H,3-14,16-17H2,1-2H3,(H,33,34)/t18?,20?,21-,22+,23-,24?,27+,28-,29+/m1/s1. The predicted molar refractivity (Wildman–Crippen MR) is 135 cm³/mol. The Bertz CT molecular complexity index is 952. The quantitative estimate of drug-likeness (QED) is 0.492. The van der Waals surface area contributed by atoms with Gasteiger partial charge in [0.1, 0.15) is 6.61 Å². The predicted octanol–water partition coefficient (Wildman–Crippen LogP) is 4.20. The Morgan fingerprint density at radius 2 is 1.94 bits per heavy atom. The van der Waals surface area contributed by atoms with Crippen molar-refractivity contribution in [3.63, 3.8) is 0 Å². The maximum atomic E-state index is 12.4. The van der Waals surface area contributed by atoms with Gasteiger partial charge in [-0.1, -0.05) is 13.8 Å². The van der Waals surface area contributed by atoms with Gasteiger partial charge in [0.15, 0.2) is 0 Å². The van der Waals surface area contributed by atoms with E-state index in [1.165, 1.54) is 0 Å². The first kappa shape index (κ1) is 24.7. The van der Waals surface area contributed by atoms with Gasteiger partial charge in [-0.15, -0.1) is 0 Å². The van der Waals surface area contributed by atoms with Crippen LogP contribution in [0.5, 0.6) is 0 Å².